The van der Waals surface area contributed by atoms with Gasteiger partial charge in [0.05, 0.1) is 18.3 Å². The summed E-state index contributed by atoms with van der Waals surface area (Å²) in [4.78, 5) is 0. The van der Waals surface area contributed by atoms with E-state index in [2.05, 4.69) is 12.2 Å². The van der Waals surface area contributed by atoms with Crippen LogP contribution in [0.15, 0.2) is 0 Å². The molecule has 2 aliphatic heterocycles. The first kappa shape index (κ1) is 10.4. The summed E-state index contributed by atoms with van der Waals surface area (Å²) >= 11 is 0. The average Bonchev–Trinajstić information content (AvgIpc) is 2.65. The predicted molar refractivity (Wildman–Crippen MR) is 55.4 cm³/mol. The number of nitrogens with one attached hydrogen (secondary N) is 1. The van der Waals surface area contributed by atoms with Crippen LogP contribution in [0.25, 0.3) is 0 Å². The SMILES string of the molecule is CNC1CCOC(C2CCC(C)O2)C1. The van der Waals surface area contributed by atoms with E-state index >= 15 is 0 Å². The molecule has 0 radical (unpaired) electrons. The maximum Gasteiger partial charge on any atom is 0.0851 e. The Morgan fingerprint density at radius 1 is 1.14 bits per heavy atom. The maximum atomic E-state index is 5.84. The van der Waals surface area contributed by atoms with E-state index < -0.39 is 0 Å². The highest BCUT2D eigenvalue weighted by atomic mass is 16.5. The zero-order valence-corrected chi connectivity index (χ0v) is 9.16. The second-order valence-corrected chi connectivity index (χ2v) is 4.48. The molecule has 4 atom stereocenters. The number of rotatable bonds is 2. The van der Waals surface area contributed by atoms with Gasteiger partial charge in [0, 0.05) is 12.6 Å². The first-order valence-electron chi connectivity index (χ1n) is 5.74. The molecule has 2 saturated heterocycles. The van der Waals surface area contributed by atoms with Crippen LogP contribution in [0, 0.1) is 0 Å². The number of hydrogen-bond donors (Lipinski definition) is 1. The molecular formula is C11H21NO2. The number of ether oxygens (including phenoxy) is 2. The Kier molecular flexibility index (Phi) is 3.42. The highest BCUT2D eigenvalue weighted by Gasteiger charge is 2.33. The van der Waals surface area contributed by atoms with Gasteiger partial charge in [-0.05, 0) is 39.7 Å². The van der Waals surface area contributed by atoms with Crippen LogP contribution in [0.5, 0.6) is 0 Å². The summed E-state index contributed by atoms with van der Waals surface area (Å²) in [6, 6.07) is 0.619. The van der Waals surface area contributed by atoms with Gasteiger partial charge < -0.3 is 14.8 Å². The van der Waals surface area contributed by atoms with Gasteiger partial charge in [0.2, 0.25) is 0 Å². The van der Waals surface area contributed by atoms with Gasteiger partial charge in [-0.25, -0.2) is 0 Å². The lowest BCUT2D eigenvalue weighted by molar-refractivity contribution is -0.0903. The van der Waals surface area contributed by atoms with Crippen molar-refractivity contribution in [3.63, 3.8) is 0 Å². The fourth-order valence-electron chi connectivity index (χ4n) is 2.46. The predicted octanol–water partition coefficient (Wildman–Crippen LogP) is 1.32. The third-order valence-electron chi connectivity index (χ3n) is 3.40. The third kappa shape index (κ3) is 2.27. The second-order valence-electron chi connectivity index (χ2n) is 4.48. The molecule has 2 fully saturated rings. The third-order valence-corrected chi connectivity index (χ3v) is 3.40. The monoisotopic (exact) mass is 199 g/mol. The van der Waals surface area contributed by atoms with Crippen molar-refractivity contribution in [3.8, 4) is 0 Å². The van der Waals surface area contributed by atoms with Gasteiger partial charge in [-0.15, -0.1) is 0 Å². The zero-order valence-electron chi connectivity index (χ0n) is 9.16. The van der Waals surface area contributed by atoms with Gasteiger partial charge in [-0.1, -0.05) is 0 Å². The Bertz CT molecular complexity index is 186. The molecule has 82 valence electrons. The molecule has 0 bridgehead atoms. The molecule has 0 spiro atoms. The van der Waals surface area contributed by atoms with Crippen molar-refractivity contribution in [2.24, 2.45) is 0 Å². The highest BCUT2D eigenvalue weighted by molar-refractivity contribution is 4.84. The average molecular weight is 199 g/mol. The van der Waals surface area contributed by atoms with E-state index in [0.29, 0.717) is 24.4 Å². The molecule has 3 nitrogen and oxygen atoms in total. The minimum atomic E-state index is 0.325. The molecule has 0 amide bonds. The minimum absolute atomic E-state index is 0.325. The Balaban J connectivity index is 1.84. The number of hydrogen-bond acceptors (Lipinski definition) is 3. The molecule has 1 N–H and O–H groups in total. The van der Waals surface area contributed by atoms with Gasteiger partial charge in [0.25, 0.3) is 0 Å². The first-order valence-corrected chi connectivity index (χ1v) is 5.74. The summed E-state index contributed by atoms with van der Waals surface area (Å²) in [5.41, 5.74) is 0. The fraction of sp³-hybridized carbons (Fsp3) is 1.00. The standard InChI is InChI=1S/C11H21NO2/c1-8-3-4-10(14-8)11-7-9(12-2)5-6-13-11/h8-12H,3-7H2,1-2H3. The lowest BCUT2D eigenvalue weighted by Gasteiger charge is -2.32. The summed E-state index contributed by atoms with van der Waals surface area (Å²) in [5, 5.41) is 3.33. The van der Waals surface area contributed by atoms with Crippen LogP contribution in [-0.4, -0.2) is 38.0 Å². The molecule has 2 heterocycles. The van der Waals surface area contributed by atoms with Gasteiger partial charge >= 0.3 is 0 Å². The van der Waals surface area contributed by atoms with Crippen molar-refractivity contribution in [1.82, 2.24) is 5.32 Å². The summed E-state index contributed by atoms with van der Waals surface area (Å²) < 4.78 is 11.6. The van der Waals surface area contributed by atoms with Gasteiger partial charge in [-0.2, -0.15) is 0 Å². The van der Waals surface area contributed by atoms with E-state index in [1.54, 1.807) is 0 Å². The van der Waals surface area contributed by atoms with E-state index in [0.717, 1.165) is 19.4 Å². The molecule has 0 aromatic carbocycles. The van der Waals surface area contributed by atoms with Crippen molar-refractivity contribution in [2.75, 3.05) is 13.7 Å². The van der Waals surface area contributed by atoms with Gasteiger partial charge in [-0.3, -0.25) is 0 Å². The van der Waals surface area contributed by atoms with Gasteiger partial charge in [0.15, 0.2) is 0 Å². The van der Waals surface area contributed by atoms with Crippen LogP contribution in [-0.2, 0) is 9.47 Å². The Labute approximate surface area is 86.2 Å². The minimum Gasteiger partial charge on any atom is -0.375 e. The highest BCUT2D eigenvalue weighted by Crippen LogP contribution is 2.28. The molecule has 0 aromatic rings. The van der Waals surface area contributed by atoms with Crippen molar-refractivity contribution >= 4 is 0 Å². The fourth-order valence-corrected chi connectivity index (χ4v) is 2.46. The Hall–Kier alpha value is -0.120. The molecule has 2 aliphatic rings. The largest absolute Gasteiger partial charge is 0.375 e. The lowest BCUT2D eigenvalue weighted by Crippen LogP contribution is -2.42. The first-order chi connectivity index (χ1) is 6.79. The van der Waals surface area contributed by atoms with Crippen molar-refractivity contribution in [1.29, 1.82) is 0 Å². The normalized spacial score (nSPS) is 44.1. The van der Waals surface area contributed by atoms with Crippen LogP contribution in [0.4, 0.5) is 0 Å². The van der Waals surface area contributed by atoms with E-state index in [-0.39, 0.29) is 0 Å². The van der Waals surface area contributed by atoms with Crippen molar-refractivity contribution in [2.45, 2.75) is 57.0 Å². The van der Waals surface area contributed by atoms with E-state index in [9.17, 15) is 0 Å². The maximum absolute atomic E-state index is 5.84. The molecule has 0 saturated carbocycles. The van der Waals surface area contributed by atoms with Crippen LogP contribution in [0.1, 0.15) is 32.6 Å². The van der Waals surface area contributed by atoms with E-state index in [1.165, 1.54) is 12.8 Å². The summed E-state index contributed by atoms with van der Waals surface area (Å²) in [6.45, 7) is 3.03. The molecule has 0 aliphatic carbocycles. The summed E-state index contributed by atoms with van der Waals surface area (Å²) in [6.07, 6.45) is 5.70. The Morgan fingerprint density at radius 3 is 2.64 bits per heavy atom. The lowest BCUT2D eigenvalue weighted by atomic mass is 9.98. The van der Waals surface area contributed by atoms with Crippen molar-refractivity contribution in [3.05, 3.63) is 0 Å². The van der Waals surface area contributed by atoms with Crippen LogP contribution in [0.3, 0.4) is 0 Å². The molecule has 2 rings (SSSR count). The van der Waals surface area contributed by atoms with Crippen LogP contribution < -0.4 is 5.32 Å². The van der Waals surface area contributed by atoms with E-state index in [1.807, 2.05) is 7.05 Å². The molecular weight excluding hydrogens is 178 g/mol. The van der Waals surface area contributed by atoms with E-state index in [4.69, 9.17) is 9.47 Å². The molecule has 14 heavy (non-hydrogen) atoms. The summed E-state index contributed by atoms with van der Waals surface area (Å²) in [7, 11) is 2.03. The topological polar surface area (TPSA) is 30.5 Å². The zero-order chi connectivity index (χ0) is 9.97. The van der Waals surface area contributed by atoms with Crippen molar-refractivity contribution < 1.29 is 9.47 Å². The molecule has 4 unspecified atom stereocenters. The van der Waals surface area contributed by atoms with Crippen LogP contribution in [0.2, 0.25) is 0 Å². The Morgan fingerprint density at radius 2 is 2.00 bits per heavy atom. The van der Waals surface area contributed by atoms with Gasteiger partial charge in [0.1, 0.15) is 0 Å². The summed E-state index contributed by atoms with van der Waals surface area (Å²) in [5.74, 6) is 0. The smallest absolute Gasteiger partial charge is 0.0851 e. The molecule has 3 heteroatoms. The molecule has 0 aromatic heterocycles. The quantitative estimate of drug-likeness (QED) is 0.727. The van der Waals surface area contributed by atoms with Crippen LogP contribution >= 0.6 is 0 Å². The second kappa shape index (κ2) is 4.60.